The minimum Gasteiger partial charge on any atom is -0.462 e. The van der Waals surface area contributed by atoms with E-state index in [1.807, 2.05) is 12.2 Å². The normalized spacial score (nSPS) is 44.9. The number of allylic oxidation sites excluding steroid dienone is 1. The smallest absolute Gasteiger partial charge is 0.302 e. The molecule has 1 saturated heterocycles. The van der Waals surface area contributed by atoms with Gasteiger partial charge in [-0.15, -0.1) is 0 Å². The van der Waals surface area contributed by atoms with Crippen molar-refractivity contribution in [3.63, 3.8) is 0 Å². The second-order valence-electron chi connectivity index (χ2n) is 6.25. The van der Waals surface area contributed by atoms with E-state index in [4.69, 9.17) is 9.47 Å². The lowest BCUT2D eigenvalue weighted by Crippen LogP contribution is -2.64. The Bertz CT molecular complexity index is 511. The van der Waals surface area contributed by atoms with E-state index in [0.717, 1.165) is 6.29 Å². The van der Waals surface area contributed by atoms with Gasteiger partial charge in [-0.3, -0.25) is 9.59 Å². The van der Waals surface area contributed by atoms with Crippen molar-refractivity contribution in [2.75, 3.05) is 0 Å². The van der Waals surface area contributed by atoms with E-state index in [1.165, 1.54) is 6.92 Å². The topological polar surface area (TPSA) is 69.7 Å². The molecule has 0 bridgehead atoms. The fourth-order valence-corrected chi connectivity index (χ4v) is 4.32. The molecule has 0 unspecified atom stereocenters. The fourth-order valence-electron chi connectivity index (χ4n) is 4.32. The van der Waals surface area contributed by atoms with Gasteiger partial charge in [0.25, 0.3) is 0 Å². The first-order valence-electron chi connectivity index (χ1n) is 7.50. The Kier molecular flexibility index (Phi) is 3.48. The second-order valence-corrected chi connectivity index (χ2v) is 6.25. The molecule has 3 aliphatic rings. The van der Waals surface area contributed by atoms with Gasteiger partial charge in [-0.1, -0.05) is 12.2 Å². The number of carbonyl (C=O) groups is 3. The number of hydrogen-bond donors (Lipinski definition) is 0. The van der Waals surface area contributed by atoms with Crippen molar-refractivity contribution in [1.82, 2.24) is 0 Å². The molecule has 0 spiro atoms. The van der Waals surface area contributed by atoms with Crippen molar-refractivity contribution in [3.05, 3.63) is 12.2 Å². The molecule has 0 aromatic carbocycles. The lowest BCUT2D eigenvalue weighted by atomic mass is 9.52. The van der Waals surface area contributed by atoms with Crippen LogP contribution in [-0.4, -0.2) is 36.4 Å². The molecule has 0 aromatic heterocycles. The van der Waals surface area contributed by atoms with Crippen LogP contribution in [0.3, 0.4) is 0 Å². The van der Waals surface area contributed by atoms with Gasteiger partial charge in [0, 0.05) is 18.8 Å². The lowest BCUT2D eigenvalue weighted by molar-refractivity contribution is -0.206. The maximum absolute atomic E-state index is 12.5. The van der Waals surface area contributed by atoms with Gasteiger partial charge in [0.1, 0.15) is 18.5 Å². The minimum atomic E-state index is -0.878. The number of ketones is 1. The molecule has 1 saturated carbocycles. The van der Waals surface area contributed by atoms with Crippen molar-refractivity contribution in [3.8, 4) is 0 Å². The number of Topliss-reactive ketones (excluding diaryl/α,β-unsaturated/α-hetero) is 1. The summed E-state index contributed by atoms with van der Waals surface area (Å²) < 4.78 is 11.2. The van der Waals surface area contributed by atoms with Crippen LogP contribution in [0.4, 0.5) is 0 Å². The zero-order chi connectivity index (χ0) is 15.2. The molecule has 1 heterocycles. The summed E-state index contributed by atoms with van der Waals surface area (Å²) in [6.07, 6.45) is 5.51. The average Bonchev–Trinajstić information content (AvgIpc) is 2.46. The predicted octanol–water partition coefficient (Wildman–Crippen LogP) is 1.45. The number of esters is 1. The van der Waals surface area contributed by atoms with Crippen LogP contribution in [0.1, 0.15) is 33.1 Å². The van der Waals surface area contributed by atoms with E-state index in [-0.39, 0.29) is 35.8 Å². The van der Waals surface area contributed by atoms with Gasteiger partial charge in [-0.25, -0.2) is 0 Å². The molecule has 2 fully saturated rings. The first kappa shape index (κ1) is 14.4. The Morgan fingerprint density at radius 1 is 1.48 bits per heavy atom. The van der Waals surface area contributed by atoms with E-state index in [2.05, 4.69) is 0 Å². The van der Waals surface area contributed by atoms with E-state index in [9.17, 15) is 14.4 Å². The molecule has 21 heavy (non-hydrogen) atoms. The molecule has 0 amide bonds. The first-order valence-corrected chi connectivity index (χ1v) is 7.50. The van der Waals surface area contributed by atoms with E-state index in [1.54, 1.807) is 6.92 Å². The zero-order valence-electron chi connectivity index (χ0n) is 12.3. The molecule has 0 aromatic rings. The summed E-state index contributed by atoms with van der Waals surface area (Å²) in [4.78, 5) is 35.8. The van der Waals surface area contributed by atoms with Gasteiger partial charge in [-0.2, -0.15) is 0 Å². The number of carbonyl (C=O) groups excluding carboxylic acids is 3. The Balaban J connectivity index is 2.04. The highest BCUT2D eigenvalue weighted by Gasteiger charge is 2.62. The SMILES string of the molecule is CC(=O)O[C@H]1CC[C@@H]2O[C@@H](C)C(=O)[C@@H]3CC=C[C@@H]1[C@]23C=O. The van der Waals surface area contributed by atoms with E-state index >= 15 is 0 Å². The standard InChI is InChI=1S/C16H20O5/c1-9-15(19)12-5-3-4-11-13(21-10(2)18)6-7-14(20-9)16(11,12)8-17/h3-4,8-9,11-14H,5-7H2,1-2H3/t9-,11-,12-,13-,14-,16-/m0/s1. The average molecular weight is 292 g/mol. The Morgan fingerprint density at radius 2 is 2.24 bits per heavy atom. The molecule has 5 heteroatoms. The molecular formula is C16H20O5. The third kappa shape index (κ3) is 1.98. The van der Waals surface area contributed by atoms with Crippen molar-refractivity contribution in [2.24, 2.45) is 17.3 Å². The van der Waals surface area contributed by atoms with Crippen LogP contribution >= 0.6 is 0 Å². The highest BCUT2D eigenvalue weighted by atomic mass is 16.5. The van der Waals surface area contributed by atoms with Gasteiger partial charge in [0.2, 0.25) is 0 Å². The van der Waals surface area contributed by atoms with Crippen LogP contribution in [0.15, 0.2) is 12.2 Å². The van der Waals surface area contributed by atoms with Crippen LogP contribution in [0.5, 0.6) is 0 Å². The van der Waals surface area contributed by atoms with Gasteiger partial charge in [0.05, 0.1) is 11.5 Å². The molecule has 5 nitrogen and oxygen atoms in total. The summed E-state index contributed by atoms with van der Waals surface area (Å²) in [5.74, 6) is -1.01. The Labute approximate surface area is 123 Å². The monoisotopic (exact) mass is 292 g/mol. The van der Waals surface area contributed by atoms with Crippen LogP contribution < -0.4 is 0 Å². The summed E-state index contributed by atoms with van der Waals surface area (Å²) in [6.45, 7) is 3.12. The molecule has 114 valence electrons. The van der Waals surface area contributed by atoms with Crippen molar-refractivity contribution < 1.29 is 23.9 Å². The van der Waals surface area contributed by atoms with Gasteiger partial charge >= 0.3 is 5.97 Å². The van der Waals surface area contributed by atoms with Gasteiger partial charge < -0.3 is 14.3 Å². The maximum Gasteiger partial charge on any atom is 0.302 e. The van der Waals surface area contributed by atoms with Crippen molar-refractivity contribution in [1.29, 1.82) is 0 Å². The summed E-state index contributed by atoms with van der Waals surface area (Å²) in [5, 5.41) is 0. The lowest BCUT2D eigenvalue weighted by Gasteiger charge is -2.56. The summed E-state index contributed by atoms with van der Waals surface area (Å²) in [6, 6.07) is 0. The largest absolute Gasteiger partial charge is 0.462 e. The Morgan fingerprint density at radius 3 is 2.90 bits per heavy atom. The molecule has 0 N–H and O–H groups in total. The molecular weight excluding hydrogens is 272 g/mol. The molecule has 3 rings (SSSR count). The summed E-state index contributed by atoms with van der Waals surface area (Å²) in [5.41, 5.74) is -0.878. The highest BCUT2D eigenvalue weighted by Crippen LogP contribution is 2.54. The Hall–Kier alpha value is -1.49. The molecule has 0 radical (unpaired) electrons. The quantitative estimate of drug-likeness (QED) is 0.437. The van der Waals surface area contributed by atoms with Crippen molar-refractivity contribution in [2.45, 2.75) is 51.4 Å². The molecule has 6 atom stereocenters. The second kappa shape index (κ2) is 5.05. The summed E-state index contributed by atoms with van der Waals surface area (Å²) in [7, 11) is 0. The third-order valence-corrected chi connectivity index (χ3v) is 5.20. The third-order valence-electron chi connectivity index (χ3n) is 5.20. The van der Waals surface area contributed by atoms with E-state index < -0.39 is 11.5 Å². The maximum atomic E-state index is 12.5. The minimum absolute atomic E-state index is 0.0174. The molecule has 1 aliphatic heterocycles. The molecule has 2 aliphatic carbocycles. The van der Waals surface area contributed by atoms with Crippen LogP contribution in [0.2, 0.25) is 0 Å². The van der Waals surface area contributed by atoms with Crippen LogP contribution in [0, 0.1) is 17.3 Å². The number of hydrogen-bond acceptors (Lipinski definition) is 5. The number of aldehydes is 1. The van der Waals surface area contributed by atoms with E-state index in [0.29, 0.717) is 19.3 Å². The zero-order valence-corrected chi connectivity index (χ0v) is 12.3. The first-order chi connectivity index (χ1) is 10.0. The van der Waals surface area contributed by atoms with Gasteiger partial charge in [0.15, 0.2) is 5.78 Å². The fraction of sp³-hybridized carbons (Fsp3) is 0.688. The summed E-state index contributed by atoms with van der Waals surface area (Å²) >= 11 is 0. The highest BCUT2D eigenvalue weighted by molar-refractivity contribution is 5.91. The van der Waals surface area contributed by atoms with Crippen LogP contribution in [-0.2, 0) is 23.9 Å². The van der Waals surface area contributed by atoms with Gasteiger partial charge in [-0.05, 0) is 26.2 Å². The number of rotatable bonds is 2. The van der Waals surface area contributed by atoms with Crippen molar-refractivity contribution >= 4 is 18.0 Å². The predicted molar refractivity (Wildman–Crippen MR) is 73.4 cm³/mol. The number of ether oxygens (including phenoxy) is 2. The van der Waals surface area contributed by atoms with Crippen LogP contribution in [0.25, 0.3) is 0 Å².